The van der Waals surface area contributed by atoms with Gasteiger partial charge in [-0.3, -0.25) is 4.79 Å². The molecule has 0 bridgehead atoms. The lowest BCUT2D eigenvalue weighted by atomic mass is 10.1. The third kappa shape index (κ3) is 3.15. The SMILES string of the molecule is Cc1ncsc1C(=O)NCc1ccc(F)c(CO)c1. The first-order chi connectivity index (χ1) is 9.11. The zero-order valence-corrected chi connectivity index (χ0v) is 11.1. The lowest BCUT2D eigenvalue weighted by Crippen LogP contribution is -2.22. The van der Waals surface area contributed by atoms with Crippen LogP contribution in [0.2, 0.25) is 0 Å². The van der Waals surface area contributed by atoms with Crippen LogP contribution in [0.5, 0.6) is 0 Å². The van der Waals surface area contributed by atoms with Gasteiger partial charge in [0.15, 0.2) is 0 Å². The van der Waals surface area contributed by atoms with Gasteiger partial charge >= 0.3 is 0 Å². The molecule has 1 aromatic heterocycles. The summed E-state index contributed by atoms with van der Waals surface area (Å²) in [6.07, 6.45) is 0. The number of carbonyl (C=O) groups is 1. The lowest BCUT2D eigenvalue weighted by Gasteiger charge is -2.06. The van der Waals surface area contributed by atoms with E-state index in [0.29, 0.717) is 10.6 Å². The van der Waals surface area contributed by atoms with Gasteiger partial charge < -0.3 is 10.4 Å². The van der Waals surface area contributed by atoms with E-state index in [4.69, 9.17) is 5.11 Å². The molecule has 1 aromatic carbocycles. The highest BCUT2D eigenvalue weighted by atomic mass is 32.1. The Kier molecular flexibility index (Phi) is 4.24. The summed E-state index contributed by atoms with van der Waals surface area (Å²) < 4.78 is 13.2. The van der Waals surface area contributed by atoms with Crippen molar-refractivity contribution in [2.24, 2.45) is 0 Å². The van der Waals surface area contributed by atoms with Crippen LogP contribution < -0.4 is 5.32 Å². The van der Waals surface area contributed by atoms with Gasteiger partial charge in [0.2, 0.25) is 0 Å². The van der Waals surface area contributed by atoms with E-state index in [9.17, 15) is 9.18 Å². The van der Waals surface area contributed by atoms with Crippen molar-refractivity contribution in [3.63, 3.8) is 0 Å². The molecule has 0 saturated carbocycles. The highest BCUT2D eigenvalue weighted by molar-refractivity contribution is 7.11. The summed E-state index contributed by atoms with van der Waals surface area (Å²) >= 11 is 1.28. The van der Waals surface area contributed by atoms with E-state index in [1.165, 1.54) is 23.5 Å². The average molecular weight is 280 g/mol. The number of rotatable bonds is 4. The second-order valence-corrected chi connectivity index (χ2v) is 4.89. The van der Waals surface area contributed by atoms with Gasteiger partial charge in [-0.05, 0) is 24.6 Å². The molecular weight excluding hydrogens is 267 g/mol. The van der Waals surface area contributed by atoms with Crippen molar-refractivity contribution in [1.29, 1.82) is 0 Å². The third-order valence-electron chi connectivity index (χ3n) is 2.69. The van der Waals surface area contributed by atoms with Gasteiger partial charge in [0, 0.05) is 12.1 Å². The van der Waals surface area contributed by atoms with E-state index in [-0.39, 0.29) is 24.6 Å². The Bertz CT molecular complexity index is 598. The number of amides is 1. The van der Waals surface area contributed by atoms with E-state index in [2.05, 4.69) is 10.3 Å². The molecule has 0 fully saturated rings. The number of benzene rings is 1. The summed E-state index contributed by atoms with van der Waals surface area (Å²) in [5.41, 5.74) is 3.27. The van der Waals surface area contributed by atoms with Crippen molar-refractivity contribution in [3.05, 3.63) is 51.2 Å². The van der Waals surface area contributed by atoms with Crippen LogP contribution in [0.25, 0.3) is 0 Å². The Labute approximate surface area is 113 Å². The second kappa shape index (κ2) is 5.90. The average Bonchev–Trinajstić information content (AvgIpc) is 2.83. The molecule has 2 aromatic rings. The summed E-state index contributed by atoms with van der Waals surface area (Å²) in [5, 5.41) is 11.7. The molecule has 0 aliphatic rings. The first kappa shape index (κ1) is 13.6. The van der Waals surface area contributed by atoms with Crippen LogP contribution in [0.15, 0.2) is 23.7 Å². The van der Waals surface area contributed by atoms with Crippen molar-refractivity contribution >= 4 is 17.2 Å². The molecule has 0 aliphatic carbocycles. The fraction of sp³-hybridized carbons (Fsp3) is 0.231. The minimum atomic E-state index is -0.448. The molecule has 4 nitrogen and oxygen atoms in total. The van der Waals surface area contributed by atoms with E-state index in [1.807, 2.05) is 0 Å². The zero-order chi connectivity index (χ0) is 13.8. The molecule has 100 valence electrons. The molecule has 0 saturated heterocycles. The van der Waals surface area contributed by atoms with Crippen LogP contribution in [0, 0.1) is 12.7 Å². The molecule has 1 heterocycles. The molecule has 6 heteroatoms. The number of halogens is 1. The van der Waals surface area contributed by atoms with Crippen LogP contribution in [-0.2, 0) is 13.2 Å². The Morgan fingerprint density at radius 3 is 2.95 bits per heavy atom. The van der Waals surface area contributed by atoms with Crippen LogP contribution in [0.4, 0.5) is 4.39 Å². The maximum absolute atomic E-state index is 13.2. The van der Waals surface area contributed by atoms with Gasteiger partial charge in [0.1, 0.15) is 10.7 Å². The number of carbonyl (C=O) groups excluding carboxylic acids is 1. The van der Waals surface area contributed by atoms with Crippen LogP contribution in [0.3, 0.4) is 0 Å². The van der Waals surface area contributed by atoms with Gasteiger partial charge in [-0.1, -0.05) is 6.07 Å². The minimum absolute atomic E-state index is 0.199. The number of thiazole rings is 1. The fourth-order valence-corrected chi connectivity index (χ4v) is 2.36. The Balaban J connectivity index is 2.03. The number of aryl methyl sites for hydroxylation is 1. The summed E-state index contributed by atoms with van der Waals surface area (Å²) in [6, 6.07) is 4.40. The van der Waals surface area contributed by atoms with Crippen molar-refractivity contribution in [1.82, 2.24) is 10.3 Å². The van der Waals surface area contributed by atoms with Gasteiger partial charge in [-0.25, -0.2) is 9.37 Å². The predicted molar refractivity (Wildman–Crippen MR) is 70.3 cm³/mol. The number of aliphatic hydroxyl groups excluding tert-OH is 1. The van der Waals surface area contributed by atoms with E-state index >= 15 is 0 Å². The molecule has 0 spiro atoms. The van der Waals surface area contributed by atoms with Crippen molar-refractivity contribution in [2.75, 3.05) is 0 Å². The molecule has 0 atom stereocenters. The maximum atomic E-state index is 13.2. The van der Waals surface area contributed by atoms with Crippen LogP contribution in [0.1, 0.15) is 26.5 Å². The van der Waals surface area contributed by atoms with Gasteiger partial charge in [0.05, 0.1) is 17.8 Å². The molecular formula is C13H13FN2O2S. The Morgan fingerprint density at radius 1 is 1.53 bits per heavy atom. The Hall–Kier alpha value is -1.79. The first-order valence-corrected chi connectivity index (χ1v) is 6.56. The zero-order valence-electron chi connectivity index (χ0n) is 10.3. The molecule has 19 heavy (non-hydrogen) atoms. The summed E-state index contributed by atoms with van der Waals surface area (Å²) in [7, 11) is 0. The van der Waals surface area contributed by atoms with Crippen LogP contribution >= 0.6 is 11.3 Å². The largest absolute Gasteiger partial charge is 0.392 e. The summed E-state index contributed by atoms with van der Waals surface area (Å²) in [4.78, 5) is 16.4. The van der Waals surface area contributed by atoms with Gasteiger partial charge in [-0.15, -0.1) is 11.3 Å². The van der Waals surface area contributed by atoms with Gasteiger partial charge in [-0.2, -0.15) is 0 Å². The third-order valence-corrected chi connectivity index (χ3v) is 3.61. The highest BCUT2D eigenvalue weighted by Crippen LogP contribution is 2.13. The Morgan fingerprint density at radius 2 is 2.32 bits per heavy atom. The normalized spacial score (nSPS) is 10.5. The van der Waals surface area contributed by atoms with Gasteiger partial charge in [0.25, 0.3) is 5.91 Å². The molecule has 1 amide bonds. The van der Waals surface area contributed by atoms with Crippen LogP contribution in [-0.4, -0.2) is 16.0 Å². The first-order valence-electron chi connectivity index (χ1n) is 5.68. The topological polar surface area (TPSA) is 62.2 Å². The summed E-state index contributed by atoms with van der Waals surface area (Å²) in [6.45, 7) is 1.69. The monoisotopic (exact) mass is 280 g/mol. The summed E-state index contributed by atoms with van der Waals surface area (Å²) in [5.74, 6) is -0.647. The van der Waals surface area contributed by atoms with E-state index in [0.717, 1.165) is 5.56 Å². The van der Waals surface area contributed by atoms with E-state index in [1.54, 1.807) is 18.5 Å². The number of nitrogens with zero attached hydrogens (tertiary/aromatic N) is 1. The van der Waals surface area contributed by atoms with Crippen molar-refractivity contribution in [2.45, 2.75) is 20.1 Å². The molecule has 2 N–H and O–H groups in total. The standard InChI is InChI=1S/C13H13FN2O2S/c1-8-12(19-7-16-8)13(18)15-5-9-2-3-11(14)10(4-9)6-17/h2-4,7,17H,5-6H2,1H3,(H,15,18). The second-order valence-electron chi connectivity index (χ2n) is 4.03. The maximum Gasteiger partial charge on any atom is 0.263 e. The number of aromatic nitrogens is 1. The minimum Gasteiger partial charge on any atom is -0.392 e. The van der Waals surface area contributed by atoms with E-state index < -0.39 is 5.82 Å². The smallest absolute Gasteiger partial charge is 0.263 e. The predicted octanol–water partition coefficient (Wildman–Crippen LogP) is 2.01. The number of hydrogen-bond acceptors (Lipinski definition) is 4. The molecule has 0 aliphatic heterocycles. The van der Waals surface area contributed by atoms with Crippen molar-refractivity contribution in [3.8, 4) is 0 Å². The lowest BCUT2D eigenvalue weighted by molar-refractivity contribution is 0.0954. The number of nitrogens with one attached hydrogen (secondary N) is 1. The quantitative estimate of drug-likeness (QED) is 0.900. The fourth-order valence-electron chi connectivity index (χ4n) is 1.64. The highest BCUT2D eigenvalue weighted by Gasteiger charge is 2.11. The number of hydrogen-bond donors (Lipinski definition) is 2. The van der Waals surface area contributed by atoms with Crippen molar-refractivity contribution < 1.29 is 14.3 Å². The molecule has 0 unspecified atom stereocenters. The molecule has 2 rings (SSSR count). The molecule has 0 radical (unpaired) electrons. The number of aliphatic hydroxyl groups is 1.